The maximum absolute atomic E-state index is 12.8. The Hall–Kier alpha value is -3.22. The van der Waals surface area contributed by atoms with Gasteiger partial charge in [0.15, 0.2) is 5.82 Å². The van der Waals surface area contributed by atoms with Crippen LogP contribution in [0.1, 0.15) is 11.1 Å². The highest BCUT2D eigenvalue weighted by Gasteiger charge is 2.17. The molecule has 0 saturated carbocycles. The van der Waals surface area contributed by atoms with Gasteiger partial charge in [-0.05, 0) is 55.9 Å². The van der Waals surface area contributed by atoms with Gasteiger partial charge in [0.1, 0.15) is 6.54 Å². The number of halogens is 1. The van der Waals surface area contributed by atoms with Crippen LogP contribution in [-0.2, 0) is 11.3 Å². The minimum atomic E-state index is -0.227. The summed E-state index contributed by atoms with van der Waals surface area (Å²) in [5, 5.41) is 8.20. The maximum atomic E-state index is 12.8. The van der Waals surface area contributed by atoms with E-state index in [-0.39, 0.29) is 12.5 Å². The molecule has 0 saturated heterocycles. The van der Waals surface area contributed by atoms with Gasteiger partial charge in [-0.25, -0.2) is 4.68 Å². The number of amides is 1. The molecule has 0 atom stereocenters. The molecule has 3 aromatic carbocycles. The zero-order valence-electron chi connectivity index (χ0n) is 17.2. The van der Waals surface area contributed by atoms with E-state index >= 15 is 0 Å². The normalized spacial score (nSPS) is 10.8. The molecule has 7 heteroatoms. The number of aryl methyl sites for hydroxylation is 1. The maximum Gasteiger partial charge on any atom is 0.246 e. The molecule has 156 valence electrons. The summed E-state index contributed by atoms with van der Waals surface area (Å²) in [5.74, 6) is 0.456. The van der Waals surface area contributed by atoms with E-state index in [2.05, 4.69) is 5.32 Å². The summed E-state index contributed by atoms with van der Waals surface area (Å²) in [6.07, 6.45) is 0. The lowest BCUT2D eigenvalue weighted by atomic mass is 10.1. The van der Waals surface area contributed by atoms with Crippen molar-refractivity contribution in [1.29, 1.82) is 0 Å². The Morgan fingerprint density at radius 2 is 1.71 bits per heavy atom. The van der Waals surface area contributed by atoms with Crippen molar-refractivity contribution in [3.63, 3.8) is 0 Å². The van der Waals surface area contributed by atoms with E-state index in [1.807, 2.05) is 79.1 Å². The molecule has 1 heterocycles. The smallest absolute Gasteiger partial charge is 0.246 e. The van der Waals surface area contributed by atoms with Crippen LogP contribution in [0.25, 0.3) is 17.1 Å². The number of aromatic nitrogens is 3. The van der Waals surface area contributed by atoms with E-state index in [1.54, 1.807) is 16.8 Å². The number of nitrogens with one attached hydrogen (secondary N) is 1. The molecule has 1 amide bonds. The summed E-state index contributed by atoms with van der Waals surface area (Å²) in [6.45, 7) is 3.89. The molecular weight excluding hydrogens is 428 g/mol. The lowest BCUT2D eigenvalue weighted by Crippen LogP contribution is -2.20. The monoisotopic (exact) mass is 448 g/mol. The van der Waals surface area contributed by atoms with Crippen molar-refractivity contribution < 1.29 is 4.79 Å². The number of anilines is 1. The van der Waals surface area contributed by atoms with Gasteiger partial charge in [-0.15, -0.1) is 0 Å². The first-order chi connectivity index (χ1) is 14.9. The van der Waals surface area contributed by atoms with Gasteiger partial charge < -0.3 is 5.32 Å². The van der Waals surface area contributed by atoms with Crippen molar-refractivity contribution in [2.24, 2.45) is 0 Å². The fraction of sp³-hybridized carbons (Fsp3) is 0.125. The summed E-state index contributed by atoms with van der Waals surface area (Å²) in [4.78, 5) is 12.8. The van der Waals surface area contributed by atoms with Crippen molar-refractivity contribution in [3.8, 4) is 17.1 Å². The Morgan fingerprint density at radius 3 is 2.42 bits per heavy atom. The number of carbonyl (C=O) groups is 1. The van der Waals surface area contributed by atoms with Crippen LogP contribution in [0.4, 0.5) is 5.69 Å². The van der Waals surface area contributed by atoms with Crippen molar-refractivity contribution in [3.05, 3.63) is 93.7 Å². The highest BCUT2D eigenvalue weighted by atomic mass is 35.5. The van der Waals surface area contributed by atoms with Gasteiger partial charge in [0.05, 0.1) is 0 Å². The number of rotatable bonds is 5. The summed E-state index contributed by atoms with van der Waals surface area (Å²) in [6, 6.07) is 23.3. The number of hydrogen-bond donors (Lipinski definition) is 1. The highest BCUT2D eigenvalue weighted by Crippen LogP contribution is 2.24. The third-order valence-electron chi connectivity index (χ3n) is 5.00. The molecule has 1 aromatic heterocycles. The van der Waals surface area contributed by atoms with Crippen LogP contribution in [0.3, 0.4) is 0 Å². The van der Waals surface area contributed by atoms with Crippen LogP contribution in [0.2, 0.25) is 5.02 Å². The molecule has 5 nitrogen and oxygen atoms in total. The summed E-state index contributed by atoms with van der Waals surface area (Å²) >= 11 is 11.9. The summed E-state index contributed by atoms with van der Waals surface area (Å²) < 4.78 is 3.88. The second-order valence-corrected chi connectivity index (χ2v) is 8.03. The van der Waals surface area contributed by atoms with Crippen LogP contribution in [-0.4, -0.2) is 20.3 Å². The SMILES string of the molecule is Cc1ccc(-c2nn(CC(=O)Nc3cccc(Cl)c3C)c(=S)n2-c2ccccc2)cc1. The van der Waals surface area contributed by atoms with Gasteiger partial charge in [-0.2, -0.15) is 5.10 Å². The van der Waals surface area contributed by atoms with Gasteiger partial charge in [-0.3, -0.25) is 9.36 Å². The van der Waals surface area contributed by atoms with E-state index in [0.717, 1.165) is 22.4 Å². The fourth-order valence-electron chi connectivity index (χ4n) is 3.28. The molecule has 0 radical (unpaired) electrons. The summed E-state index contributed by atoms with van der Waals surface area (Å²) in [5.41, 5.74) is 4.46. The summed E-state index contributed by atoms with van der Waals surface area (Å²) in [7, 11) is 0. The van der Waals surface area contributed by atoms with E-state index in [9.17, 15) is 4.79 Å². The molecule has 0 unspecified atom stereocenters. The molecule has 4 aromatic rings. The zero-order valence-corrected chi connectivity index (χ0v) is 18.7. The van der Waals surface area contributed by atoms with Gasteiger partial charge in [0.2, 0.25) is 10.7 Å². The topological polar surface area (TPSA) is 51.9 Å². The third-order valence-corrected chi connectivity index (χ3v) is 5.80. The number of para-hydroxylation sites is 1. The Labute approximate surface area is 190 Å². The number of hydrogen-bond acceptors (Lipinski definition) is 3. The molecular formula is C24H21ClN4OS. The second kappa shape index (κ2) is 8.88. The Morgan fingerprint density at radius 1 is 1.00 bits per heavy atom. The van der Waals surface area contributed by atoms with Crippen LogP contribution in [0, 0.1) is 18.6 Å². The molecule has 4 rings (SSSR count). The first kappa shape index (κ1) is 21.0. The van der Waals surface area contributed by atoms with Gasteiger partial charge in [-0.1, -0.05) is 65.7 Å². The Kier molecular flexibility index (Phi) is 6.02. The minimum absolute atomic E-state index is 0.0104. The number of benzene rings is 3. The van der Waals surface area contributed by atoms with Gasteiger partial charge in [0, 0.05) is 22.0 Å². The third kappa shape index (κ3) is 4.45. The van der Waals surface area contributed by atoms with Crippen molar-refractivity contribution in [2.75, 3.05) is 5.32 Å². The number of carbonyl (C=O) groups excluding carboxylic acids is 1. The molecule has 31 heavy (non-hydrogen) atoms. The second-order valence-electron chi connectivity index (χ2n) is 7.26. The fourth-order valence-corrected chi connectivity index (χ4v) is 3.75. The molecule has 0 spiro atoms. The van der Waals surface area contributed by atoms with Crippen molar-refractivity contribution >= 4 is 35.4 Å². The molecule has 0 bridgehead atoms. The zero-order chi connectivity index (χ0) is 22.0. The van der Waals surface area contributed by atoms with Crippen LogP contribution >= 0.6 is 23.8 Å². The Balaban J connectivity index is 1.71. The highest BCUT2D eigenvalue weighted by molar-refractivity contribution is 7.71. The minimum Gasteiger partial charge on any atom is -0.324 e. The van der Waals surface area contributed by atoms with E-state index in [1.165, 1.54) is 0 Å². The largest absolute Gasteiger partial charge is 0.324 e. The van der Waals surface area contributed by atoms with Gasteiger partial charge in [0.25, 0.3) is 0 Å². The standard InChI is InChI=1S/C24H21ClN4OS/c1-16-11-13-18(14-12-16)23-27-28(24(31)29(23)19-7-4-3-5-8-19)15-22(30)26-21-10-6-9-20(25)17(21)2/h3-14H,15H2,1-2H3,(H,26,30). The van der Waals surface area contributed by atoms with E-state index < -0.39 is 0 Å². The molecule has 1 N–H and O–H groups in total. The van der Waals surface area contributed by atoms with Crippen LogP contribution in [0.15, 0.2) is 72.8 Å². The first-order valence-corrected chi connectivity index (χ1v) is 10.6. The lowest BCUT2D eigenvalue weighted by molar-refractivity contribution is -0.116. The molecule has 0 aliphatic rings. The molecule has 0 aliphatic heterocycles. The van der Waals surface area contributed by atoms with Gasteiger partial charge >= 0.3 is 0 Å². The predicted molar refractivity (Wildman–Crippen MR) is 127 cm³/mol. The number of nitrogens with zero attached hydrogens (tertiary/aromatic N) is 3. The average molecular weight is 449 g/mol. The van der Waals surface area contributed by atoms with Crippen LogP contribution in [0.5, 0.6) is 0 Å². The molecule has 0 fully saturated rings. The Bertz CT molecular complexity index is 1290. The van der Waals surface area contributed by atoms with E-state index in [0.29, 0.717) is 21.3 Å². The van der Waals surface area contributed by atoms with Crippen LogP contribution < -0.4 is 5.32 Å². The lowest BCUT2D eigenvalue weighted by Gasteiger charge is -2.09. The first-order valence-electron chi connectivity index (χ1n) is 9.81. The predicted octanol–water partition coefficient (Wildman–Crippen LogP) is 5.98. The van der Waals surface area contributed by atoms with Crippen molar-refractivity contribution in [2.45, 2.75) is 20.4 Å². The average Bonchev–Trinajstić information content (AvgIpc) is 3.08. The van der Waals surface area contributed by atoms with E-state index in [4.69, 9.17) is 28.9 Å². The quantitative estimate of drug-likeness (QED) is 0.382. The van der Waals surface area contributed by atoms with Crippen molar-refractivity contribution in [1.82, 2.24) is 14.3 Å². The molecule has 0 aliphatic carbocycles.